The fourth-order valence-electron chi connectivity index (χ4n) is 4.09. The number of anilines is 1. The Balaban J connectivity index is 1.44. The highest BCUT2D eigenvalue weighted by atomic mass is 16.5. The van der Waals surface area contributed by atoms with E-state index < -0.39 is 0 Å². The normalized spacial score (nSPS) is 21.7. The van der Waals surface area contributed by atoms with Crippen LogP contribution in [-0.2, 0) is 16.0 Å². The zero-order valence-corrected chi connectivity index (χ0v) is 15.5. The third-order valence-corrected chi connectivity index (χ3v) is 5.57. The average molecular weight is 364 g/mol. The van der Waals surface area contributed by atoms with Gasteiger partial charge in [0.15, 0.2) is 0 Å². The van der Waals surface area contributed by atoms with Gasteiger partial charge in [0.2, 0.25) is 11.8 Å². The molecule has 1 saturated heterocycles. The van der Waals surface area contributed by atoms with E-state index in [-0.39, 0.29) is 30.2 Å². The highest BCUT2D eigenvalue weighted by molar-refractivity contribution is 6.00. The van der Waals surface area contributed by atoms with Gasteiger partial charge >= 0.3 is 0 Å². The van der Waals surface area contributed by atoms with Crippen LogP contribution in [0.3, 0.4) is 0 Å². The average Bonchev–Trinajstić information content (AvgIpc) is 3.10. The lowest BCUT2D eigenvalue weighted by Gasteiger charge is -2.27. The van der Waals surface area contributed by atoms with E-state index in [1.54, 1.807) is 12.0 Å². The summed E-state index contributed by atoms with van der Waals surface area (Å²) in [6.07, 6.45) is 3.34. The predicted molar refractivity (Wildman–Crippen MR) is 104 cm³/mol. The molecule has 5 heteroatoms. The van der Waals surface area contributed by atoms with Crippen LogP contribution < -0.4 is 15.0 Å². The number of hydrogen-bond acceptors (Lipinski definition) is 3. The molecule has 0 unspecified atom stereocenters. The molecule has 140 valence electrons. The van der Waals surface area contributed by atoms with Crippen molar-refractivity contribution in [1.29, 1.82) is 0 Å². The summed E-state index contributed by atoms with van der Waals surface area (Å²) in [6.45, 7) is 0.422. The van der Waals surface area contributed by atoms with Crippen molar-refractivity contribution in [2.24, 2.45) is 5.92 Å². The molecular formula is C22H24N2O3. The summed E-state index contributed by atoms with van der Waals surface area (Å²) >= 11 is 0. The van der Waals surface area contributed by atoms with Gasteiger partial charge in [-0.3, -0.25) is 9.59 Å². The summed E-state index contributed by atoms with van der Waals surface area (Å²) in [5.74, 6) is 0.398. The van der Waals surface area contributed by atoms with Gasteiger partial charge in [-0.05, 0) is 54.7 Å². The predicted octanol–water partition coefficient (Wildman–Crippen LogP) is 3.24. The lowest BCUT2D eigenvalue weighted by molar-refractivity contribution is -0.127. The molecule has 0 saturated carbocycles. The third-order valence-electron chi connectivity index (χ3n) is 5.57. The molecule has 1 fully saturated rings. The van der Waals surface area contributed by atoms with Crippen LogP contribution in [0.2, 0.25) is 0 Å². The van der Waals surface area contributed by atoms with Crippen LogP contribution >= 0.6 is 0 Å². The van der Waals surface area contributed by atoms with Crippen molar-refractivity contribution in [3.8, 4) is 5.75 Å². The maximum Gasteiger partial charge on any atom is 0.227 e. The number of amides is 2. The molecule has 2 amide bonds. The first-order valence-electron chi connectivity index (χ1n) is 9.48. The van der Waals surface area contributed by atoms with Crippen molar-refractivity contribution in [2.75, 3.05) is 18.6 Å². The standard InChI is InChI=1S/C22H24N2O3/c1-27-18-11-9-17(10-12-18)24-14-16(13-21(24)25)22(26)23-20-8-4-6-15-5-2-3-7-19(15)20/h2-3,5,7,9-12,16,20H,4,6,8,13-14H2,1H3,(H,23,26)/t16-,20-/m0/s1. The molecular weight excluding hydrogens is 340 g/mol. The molecule has 0 radical (unpaired) electrons. The van der Waals surface area contributed by atoms with Gasteiger partial charge in [-0.2, -0.15) is 0 Å². The number of rotatable bonds is 4. The van der Waals surface area contributed by atoms with Gasteiger partial charge in [-0.1, -0.05) is 24.3 Å². The van der Waals surface area contributed by atoms with Crippen LogP contribution in [0.5, 0.6) is 5.75 Å². The summed E-state index contributed by atoms with van der Waals surface area (Å²) in [6, 6.07) is 15.7. The second kappa shape index (κ2) is 7.43. The Morgan fingerprint density at radius 1 is 1.15 bits per heavy atom. The third kappa shape index (κ3) is 3.54. The maximum atomic E-state index is 12.8. The van der Waals surface area contributed by atoms with E-state index in [4.69, 9.17) is 4.74 Å². The largest absolute Gasteiger partial charge is 0.497 e. The molecule has 1 heterocycles. The van der Waals surface area contributed by atoms with Gasteiger partial charge in [0.05, 0.1) is 19.1 Å². The molecule has 1 aliphatic carbocycles. The molecule has 0 bridgehead atoms. The van der Waals surface area contributed by atoms with Gasteiger partial charge in [0, 0.05) is 18.7 Å². The first-order chi connectivity index (χ1) is 13.2. The van der Waals surface area contributed by atoms with Crippen LogP contribution in [0, 0.1) is 5.92 Å². The monoisotopic (exact) mass is 364 g/mol. The molecule has 2 atom stereocenters. The summed E-state index contributed by atoms with van der Waals surface area (Å²) in [5.41, 5.74) is 3.34. The zero-order chi connectivity index (χ0) is 18.8. The Labute approximate surface area is 159 Å². The highest BCUT2D eigenvalue weighted by Gasteiger charge is 2.36. The molecule has 0 aromatic heterocycles. The van der Waals surface area contributed by atoms with E-state index in [1.165, 1.54) is 11.1 Å². The number of methoxy groups -OCH3 is 1. The maximum absolute atomic E-state index is 12.8. The quantitative estimate of drug-likeness (QED) is 0.906. The second-order valence-electron chi connectivity index (χ2n) is 7.26. The molecule has 1 aliphatic heterocycles. The van der Waals surface area contributed by atoms with Crippen molar-refractivity contribution in [1.82, 2.24) is 5.32 Å². The summed E-state index contributed by atoms with van der Waals surface area (Å²) < 4.78 is 5.16. The minimum absolute atomic E-state index is 0.00985. The summed E-state index contributed by atoms with van der Waals surface area (Å²) in [5, 5.41) is 3.19. The number of hydrogen-bond donors (Lipinski definition) is 1. The van der Waals surface area contributed by atoms with Gasteiger partial charge in [-0.15, -0.1) is 0 Å². The van der Waals surface area contributed by atoms with E-state index in [2.05, 4.69) is 17.4 Å². The smallest absolute Gasteiger partial charge is 0.227 e. The molecule has 2 aromatic carbocycles. The Hall–Kier alpha value is -2.82. The van der Waals surface area contributed by atoms with Crippen molar-refractivity contribution in [2.45, 2.75) is 31.7 Å². The van der Waals surface area contributed by atoms with Gasteiger partial charge in [-0.25, -0.2) is 0 Å². The van der Waals surface area contributed by atoms with Gasteiger partial charge < -0.3 is 15.0 Å². The number of nitrogens with zero attached hydrogens (tertiary/aromatic N) is 1. The molecule has 2 aromatic rings. The molecule has 0 spiro atoms. The minimum Gasteiger partial charge on any atom is -0.497 e. The van der Waals surface area contributed by atoms with Crippen LogP contribution in [0.1, 0.15) is 36.4 Å². The minimum atomic E-state index is -0.311. The van der Waals surface area contributed by atoms with E-state index in [1.807, 2.05) is 36.4 Å². The highest BCUT2D eigenvalue weighted by Crippen LogP contribution is 2.31. The first kappa shape index (κ1) is 17.6. The Morgan fingerprint density at radius 3 is 2.70 bits per heavy atom. The fourth-order valence-corrected chi connectivity index (χ4v) is 4.09. The van der Waals surface area contributed by atoms with E-state index >= 15 is 0 Å². The van der Waals surface area contributed by atoms with Gasteiger partial charge in [0.25, 0.3) is 0 Å². The lowest BCUT2D eigenvalue weighted by atomic mass is 9.87. The second-order valence-corrected chi connectivity index (χ2v) is 7.26. The van der Waals surface area contributed by atoms with Crippen LogP contribution in [0.25, 0.3) is 0 Å². The summed E-state index contributed by atoms with van der Waals surface area (Å²) in [7, 11) is 1.61. The molecule has 1 N–H and O–H groups in total. The van der Waals surface area contributed by atoms with E-state index in [0.29, 0.717) is 6.54 Å². The SMILES string of the molecule is COc1ccc(N2C[C@@H](C(=O)N[C@H]3CCCc4ccccc43)CC2=O)cc1. The Bertz CT molecular complexity index is 847. The van der Waals surface area contributed by atoms with Crippen LogP contribution in [-0.4, -0.2) is 25.5 Å². The zero-order valence-electron chi connectivity index (χ0n) is 15.5. The number of nitrogens with one attached hydrogen (secondary N) is 1. The van der Waals surface area contributed by atoms with Gasteiger partial charge in [0.1, 0.15) is 5.75 Å². The molecule has 5 nitrogen and oxygen atoms in total. The van der Waals surface area contributed by atoms with Crippen molar-refractivity contribution in [3.05, 3.63) is 59.7 Å². The Kier molecular flexibility index (Phi) is 4.84. The molecule has 2 aliphatic rings. The number of benzene rings is 2. The van der Waals surface area contributed by atoms with Crippen molar-refractivity contribution >= 4 is 17.5 Å². The Morgan fingerprint density at radius 2 is 1.93 bits per heavy atom. The van der Waals surface area contributed by atoms with E-state index in [0.717, 1.165) is 30.7 Å². The number of ether oxygens (including phenoxy) is 1. The molecule has 4 rings (SSSR count). The number of fused-ring (bicyclic) bond motifs is 1. The number of carbonyl (C=O) groups is 2. The van der Waals surface area contributed by atoms with Crippen LogP contribution in [0.4, 0.5) is 5.69 Å². The summed E-state index contributed by atoms with van der Waals surface area (Å²) in [4.78, 5) is 27.0. The van der Waals surface area contributed by atoms with Crippen molar-refractivity contribution in [3.63, 3.8) is 0 Å². The van der Waals surface area contributed by atoms with Crippen LogP contribution in [0.15, 0.2) is 48.5 Å². The number of carbonyl (C=O) groups excluding carboxylic acids is 2. The number of aryl methyl sites for hydroxylation is 1. The first-order valence-corrected chi connectivity index (χ1v) is 9.48. The lowest BCUT2D eigenvalue weighted by Crippen LogP contribution is -2.36. The fraction of sp³-hybridized carbons (Fsp3) is 0.364. The van der Waals surface area contributed by atoms with Crippen molar-refractivity contribution < 1.29 is 14.3 Å². The topological polar surface area (TPSA) is 58.6 Å². The molecule has 27 heavy (non-hydrogen) atoms. The van der Waals surface area contributed by atoms with E-state index in [9.17, 15) is 9.59 Å².